The van der Waals surface area contributed by atoms with E-state index in [1.54, 1.807) is 7.11 Å². The number of methoxy groups -OCH3 is 1. The molecule has 3 heteroatoms. The first-order valence-electron chi connectivity index (χ1n) is 7.18. The molecule has 19 heavy (non-hydrogen) atoms. The van der Waals surface area contributed by atoms with Gasteiger partial charge in [-0.2, -0.15) is 0 Å². The van der Waals surface area contributed by atoms with Crippen LogP contribution in [0.5, 0.6) is 5.75 Å². The lowest BCUT2D eigenvalue weighted by molar-refractivity contribution is 0.330. The summed E-state index contributed by atoms with van der Waals surface area (Å²) in [6.45, 7) is 4.48. The average molecular weight is 284 g/mol. The maximum atomic E-state index is 6.41. The second kappa shape index (κ2) is 8.44. The van der Waals surface area contributed by atoms with Crippen molar-refractivity contribution in [2.45, 2.75) is 45.6 Å². The summed E-state index contributed by atoms with van der Waals surface area (Å²) in [5.74, 6) is 1.44. The summed E-state index contributed by atoms with van der Waals surface area (Å²) >= 11 is 6.41. The molecule has 1 atom stereocenters. The van der Waals surface area contributed by atoms with Gasteiger partial charge in [-0.15, -0.1) is 0 Å². The summed E-state index contributed by atoms with van der Waals surface area (Å²) in [4.78, 5) is 0. The minimum atomic E-state index is 0.318. The fraction of sp³-hybridized carbons (Fsp3) is 0.625. The topological polar surface area (TPSA) is 21.3 Å². The molecule has 0 bridgehead atoms. The van der Waals surface area contributed by atoms with Crippen LogP contribution in [0.15, 0.2) is 18.2 Å². The summed E-state index contributed by atoms with van der Waals surface area (Å²) in [7, 11) is 3.68. The molecule has 1 unspecified atom stereocenters. The van der Waals surface area contributed by atoms with Crippen LogP contribution in [0.3, 0.4) is 0 Å². The highest BCUT2D eigenvalue weighted by atomic mass is 35.5. The highest BCUT2D eigenvalue weighted by molar-refractivity contribution is 6.31. The Bertz CT molecular complexity index is 375. The van der Waals surface area contributed by atoms with E-state index < -0.39 is 0 Å². The van der Waals surface area contributed by atoms with Crippen molar-refractivity contribution >= 4 is 11.6 Å². The summed E-state index contributed by atoms with van der Waals surface area (Å²) in [5.41, 5.74) is 1.18. The van der Waals surface area contributed by atoms with Crippen molar-refractivity contribution in [3.63, 3.8) is 0 Å². The third-order valence-electron chi connectivity index (χ3n) is 3.64. The van der Waals surface area contributed by atoms with E-state index in [0.717, 1.165) is 10.8 Å². The molecular weight excluding hydrogens is 258 g/mol. The van der Waals surface area contributed by atoms with E-state index in [2.05, 4.69) is 25.2 Å². The minimum absolute atomic E-state index is 0.318. The third kappa shape index (κ3) is 4.39. The van der Waals surface area contributed by atoms with Gasteiger partial charge < -0.3 is 10.1 Å². The maximum Gasteiger partial charge on any atom is 0.120 e. The van der Waals surface area contributed by atoms with Gasteiger partial charge in [0.15, 0.2) is 0 Å². The van der Waals surface area contributed by atoms with Gasteiger partial charge in [0, 0.05) is 11.1 Å². The Balaban J connectivity index is 2.99. The molecule has 0 heterocycles. The summed E-state index contributed by atoms with van der Waals surface area (Å²) in [5, 5.41) is 4.23. The zero-order valence-electron chi connectivity index (χ0n) is 12.5. The average Bonchev–Trinajstić information content (AvgIpc) is 2.41. The van der Waals surface area contributed by atoms with Crippen molar-refractivity contribution in [1.82, 2.24) is 5.32 Å². The van der Waals surface area contributed by atoms with Gasteiger partial charge >= 0.3 is 0 Å². The molecule has 1 N–H and O–H groups in total. The quantitative estimate of drug-likeness (QED) is 0.738. The smallest absolute Gasteiger partial charge is 0.120 e. The molecule has 0 aliphatic carbocycles. The first-order valence-corrected chi connectivity index (χ1v) is 7.56. The van der Waals surface area contributed by atoms with Crippen LogP contribution in [0.1, 0.15) is 51.1 Å². The summed E-state index contributed by atoms with van der Waals surface area (Å²) < 4.78 is 5.21. The zero-order valence-corrected chi connectivity index (χ0v) is 13.3. The molecule has 0 fully saturated rings. The molecule has 1 aromatic rings. The molecule has 108 valence electrons. The summed E-state index contributed by atoms with van der Waals surface area (Å²) in [6.07, 6.45) is 4.86. The molecule has 0 spiro atoms. The van der Waals surface area contributed by atoms with Crippen molar-refractivity contribution in [1.29, 1.82) is 0 Å². The Hall–Kier alpha value is -0.730. The van der Waals surface area contributed by atoms with Gasteiger partial charge in [0.05, 0.1) is 7.11 Å². The molecule has 1 rings (SSSR count). The third-order valence-corrected chi connectivity index (χ3v) is 3.97. The van der Waals surface area contributed by atoms with Gasteiger partial charge in [-0.3, -0.25) is 0 Å². The van der Waals surface area contributed by atoms with E-state index in [9.17, 15) is 0 Å². The highest BCUT2D eigenvalue weighted by Crippen LogP contribution is 2.35. The van der Waals surface area contributed by atoms with Crippen LogP contribution in [0.4, 0.5) is 0 Å². The van der Waals surface area contributed by atoms with E-state index in [0.29, 0.717) is 12.0 Å². The second-order valence-electron chi connectivity index (χ2n) is 4.99. The zero-order chi connectivity index (χ0) is 14.3. The van der Waals surface area contributed by atoms with Crippen molar-refractivity contribution < 1.29 is 4.74 Å². The van der Waals surface area contributed by atoms with Crippen LogP contribution in [-0.4, -0.2) is 14.2 Å². The Morgan fingerprint density at radius 2 is 1.84 bits per heavy atom. The Morgan fingerprint density at radius 3 is 2.26 bits per heavy atom. The van der Waals surface area contributed by atoms with Crippen LogP contribution in [0.2, 0.25) is 5.02 Å². The number of halogens is 1. The van der Waals surface area contributed by atoms with Crippen LogP contribution in [-0.2, 0) is 0 Å². The largest absolute Gasteiger partial charge is 0.497 e. The first kappa shape index (κ1) is 16.3. The van der Waals surface area contributed by atoms with Crippen molar-refractivity contribution in [3.05, 3.63) is 28.8 Å². The molecule has 0 aliphatic heterocycles. The maximum absolute atomic E-state index is 6.41. The molecule has 0 saturated carbocycles. The molecule has 0 amide bonds. The van der Waals surface area contributed by atoms with Gasteiger partial charge in [0.1, 0.15) is 5.75 Å². The number of ether oxygens (including phenoxy) is 1. The molecule has 0 aromatic heterocycles. The SMILES string of the molecule is CCCC(CCC)C(NC)c1ccc(OC)cc1Cl. The van der Waals surface area contributed by atoms with E-state index >= 15 is 0 Å². The lowest BCUT2D eigenvalue weighted by atomic mass is 9.86. The molecule has 1 aromatic carbocycles. The Labute approximate surface area is 122 Å². The van der Waals surface area contributed by atoms with Crippen LogP contribution < -0.4 is 10.1 Å². The highest BCUT2D eigenvalue weighted by Gasteiger charge is 2.22. The fourth-order valence-corrected chi connectivity index (χ4v) is 3.04. The Kier molecular flexibility index (Phi) is 7.25. The number of nitrogens with one attached hydrogen (secondary N) is 1. The van der Waals surface area contributed by atoms with Gasteiger partial charge in [-0.25, -0.2) is 0 Å². The molecule has 0 radical (unpaired) electrons. The lowest BCUT2D eigenvalue weighted by Gasteiger charge is -2.28. The van der Waals surface area contributed by atoms with E-state index in [1.807, 2.05) is 19.2 Å². The van der Waals surface area contributed by atoms with E-state index in [-0.39, 0.29) is 0 Å². The number of hydrogen-bond acceptors (Lipinski definition) is 2. The molecular formula is C16H26ClNO. The van der Waals surface area contributed by atoms with Crippen LogP contribution in [0.25, 0.3) is 0 Å². The minimum Gasteiger partial charge on any atom is -0.497 e. The second-order valence-corrected chi connectivity index (χ2v) is 5.40. The molecule has 0 aliphatic rings. The van der Waals surface area contributed by atoms with Gasteiger partial charge in [-0.05, 0) is 43.5 Å². The molecule has 0 saturated heterocycles. The molecule has 2 nitrogen and oxygen atoms in total. The fourth-order valence-electron chi connectivity index (χ4n) is 2.75. The van der Waals surface area contributed by atoms with Gasteiger partial charge in [0.25, 0.3) is 0 Å². The van der Waals surface area contributed by atoms with Crippen molar-refractivity contribution in [2.75, 3.05) is 14.2 Å². The summed E-state index contributed by atoms with van der Waals surface area (Å²) in [6, 6.07) is 6.29. The van der Waals surface area contributed by atoms with E-state index in [1.165, 1.54) is 31.2 Å². The van der Waals surface area contributed by atoms with Gasteiger partial charge in [0.2, 0.25) is 0 Å². The van der Waals surface area contributed by atoms with Crippen molar-refractivity contribution in [2.24, 2.45) is 5.92 Å². The van der Waals surface area contributed by atoms with Crippen LogP contribution >= 0.6 is 11.6 Å². The number of hydrogen-bond donors (Lipinski definition) is 1. The first-order chi connectivity index (χ1) is 9.17. The monoisotopic (exact) mass is 283 g/mol. The normalized spacial score (nSPS) is 12.7. The van der Waals surface area contributed by atoms with E-state index in [4.69, 9.17) is 16.3 Å². The predicted octanol–water partition coefficient (Wildman–Crippen LogP) is 4.83. The van der Waals surface area contributed by atoms with Gasteiger partial charge in [-0.1, -0.05) is 44.4 Å². The number of benzene rings is 1. The predicted molar refractivity (Wildman–Crippen MR) is 83.1 cm³/mol. The Morgan fingerprint density at radius 1 is 1.21 bits per heavy atom. The van der Waals surface area contributed by atoms with Crippen LogP contribution in [0, 0.1) is 5.92 Å². The standard InChI is InChI=1S/C16H26ClNO/c1-5-7-12(8-6-2)16(18-3)14-10-9-13(19-4)11-15(14)17/h9-12,16,18H,5-8H2,1-4H3. The lowest BCUT2D eigenvalue weighted by Crippen LogP contribution is -2.25. The number of rotatable bonds is 8. The van der Waals surface area contributed by atoms with Crippen molar-refractivity contribution in [3.8, 4) is 5.75 Å².